The van der Waals surface area contributed by atoms with Crippen molar-refractivity contribution >= 4 is 0 Å². The summed E-state index contributed by atoms with van der Waals surface area (Å²) in [6.45, 7) is 4.53. The molecular weight excluding hydrogens is 234 g/mol. The Labute approximate surface area is 117 Å². The van der Waals surface area contributed by atoms with Gasteiger partial charge in [-0.05, 0) is 44.7 Å². The third-order valence-corrected chi connectivity index (χ3v) is 4.48. The van der Waals surface area contributed by atoms with Crippen molar-refractivity contribution in [2.75, 3.05) is 14.2 Å². The van der Waals surface area contributed by atoms with Gasteiger partial charge in [-0.25, -0.2) is 0 Å². The smallest absolute Gasteiger partial charge is 0.123 e. The van der Waals surface area contributed by atoms with Crippen LogP contribution in [0.4, 0.5) is 0 Å². The van der Waals surface area contributed by atoms with Crippen LogP contribution in [-0.2, 0) is 0 Å². The number of hydrogen-bond donors (Lipinski definition) is 1. The number of methoxy groups -OCH3 is 1. The van der Waals surface area contributed by atoms with E-state index in [0.717, 1.165) is 17.6 Å². The van der Waals surface area contributed by atoms with E-state index in [-0.39, 0.29) is 0 Å². The Morgan fingerprint density at radius 1 is 1.32 bits per heavy atom. The zero-order chi connectivity index (χ0) is 13.8. The van der Waals surface area contributed by atoms with E-state index in [1.165, 1.54) is 36.8 Å². The maximum Gasteiger partial charge on any atom is 0.123 e. The van der Waals surface area contributed by atoms with Crippen LogP contribution in [-0.4, -0.2) is 14.2 Å². The number of aryl methyl sites for hydroxylation is 1. The molecule has 1 aromatic carbocycles. The molecule has 1 saturated carbocycles. The van der Waals surface area contributed by atoms with E-state index in [9.17, 15) is 0 Å². The van der Waals surface area contributed by atoms with Gasteiger partial charge in [0.2, 0.25) is 0 Å². The van der Waals surface area contributed by atoms with Crippen molar-refractivity contribution in [2.45, 2.75) is 45.6 Å². The summed E-state index contributed by atoms with van der Waals surface area (Å²) in [5.74, 6) is 2.60. The van der Waals surface area contributed by atoms with Gasteiger partial charge in [0.15, 0.2) is 0 Å². The van der Waals surface area contributed by atoms with Crippen LogP contribution < -0.4 is 10.1 Å². The number of rotatable bonds is 4. The summed E-state index contributed by atoms with van der Waals surface area (Å²) in [6.07, 6.45) is 5.39. The maximum absolute atomic E-state index is 5.56. The lowest BCUT2D eigenvalue weighted by molar-refractivity contribution is 0.226. The lowest BCUT2D eigenvalue weighted by Crippen LogP contribution is -2.29. The predicted octanol–water partition coefficient (Wildman–Crippen LogP) is 4.09. The van der Waals surface area contributed by atoms with Gasteiger partial charge in [0.25, 0.3) is 0 Å². The zero-order valence-electron chi connectivity index (χ0n) is 12.7. The molecule has 0 aromatic heterocycles. The molecule has 1 N–H and O–H groups in total. The van der Waals surface area contributed by atoms with Gasteiger partial charge in [-0.3, -0.25) is 0 Å². The summed E-state index contributed by atoms with van der Waals surface area (Å²) in [7, 11) is 3.84. The summed E-state index contributed by atoms with van der Waals surface area (Å²) in [5, 5.41) is 3.53. The summed E-state index contributed by atoms with van der Waals surface area (Å²) < 4.78 is 5.56. The SMILES string of the molecule is CNC(c1cc(C)ccc1OC)C1CCCC(C)C1. The number of nitrogens with one attached hydrogen (secondary N) is 1. The Morgan fingerprint density at radius 2 is 2.11 bits per heavy atom. The van der Waals surface area contributed by atoms with E-state index in [4.69, 9.17) is 4.74 Å². The quantitative estimate of drug-likeness (QED) is 0.881. The molecule has 0 bridgehead atoms. The number of benzene rings is 1. The molecule has 0 saturated heterocycles. The molecule has 19 heavy (non-hydrogen) atoms. The van der Waals surface area contributed by atoms with Gasteiger partial charge in [-0.2, -0.15) is 0 Å². The van der Waals surface area contributed by atoms with Crippen molar-refractivity contribution in [1.82, 2.24) is 5.32 Å². The molecule has 1 aliphatic rings. The molecule has 2 heteroatoms. The van der Waals surface area contributed by atoms with Crippen LogP contribution >= 0.6 is 0 Å². The molecule has 1 aliphatic carbocycles. The first kappa shape index (κ1) is 14.4. The van der Waals surface area contributed by atoms with Gasteiger partial charge in [0.05, 0.1) is 7.11 Å². The van der Waals surface area contributed by atoms with Crippen LogP contribution in [0.5, 0.6) is 5.75 Å². The highest BCUT2D eigenvalue weighted by Crippen LogP contribution is 2.39. The molecule has 2 nitrogen and oxygen atoms in total. The Morgan fingerprint density at radius 3 is 2.74 bits per heavy atom. The minimum atomic E-state index is 0.414. The average Bonchev–Trinajstić information content (AvgIpc) is 2.40. The second-order valence-electron chi connectivity index (χ2n) is 6.04. The Kier molecular flexibility index (Phi) is 4.87. The highest BCUT2D eigenvalue weighted by atomic mass is 16.5. The molecule has 0 amide bonds. The number of ether oxygens (including phenoxy) is 1. The molecule has 0 aliphatic heterocycles. The maximum atomic E-state index is 5.56. The third-order valence-electron chi connectivity index (χ3n) is 4.48. The van der Waals surface area contributed by atoms with E-state index in [0.29, 0.717) is 6.04 Å². The molecule has 3 atom stereocenters. The molecule has 3 unspecified atom stereocenters. The van der Waals surface area contributed by atoms with Crippen LogP contribution in [0.15, 0.2) is 18.2 Å². The zero-order valence-corrected chi connectivity index (χ0v) is 12.7. The normalized spacial score (nSPS) is 25.1. The molecule has 1 aromatic rings. The first-order valence-electron chi connectivity index (χ1n) is 7.47. The average molecular weight is 261 g/mol. The van der Waals surface area contributed by atoms with Gasteiger partial charge in [-0.1, -0.05) is 37.5 Å². The summed E-state index contributed by atoms with van der Waals surface area (Å²) in [6, 6.07) is 6.91. The Bertz CT molecular complexity index is 416. The fourth-order valence-corrected chi connectivity index (χ4v) is 3.53. The second kappa shape index (κ2) is 6.42. The monoisotopic (exact) mass is 261 g/mol. The highest BCUT2D eigenvalue weighted by Gasteiger charge is 2.28. The lowest BCUT2D eigenvalue weighted by Gasteiger charge is -2.34. The van der Waals surface area contributed by atoms with E-state index < -0.39 is 0 Å². The molecule has 0 radical (unpaired) electrons. The Hall–Kier alpha value is -1.02. The molecule has 0 spiro atoms. The van der Waals surface area contributed by atoms with Crippen molar-refractivity contribution in [3.05, 3.63) is 29.3 Å². The van der Waals surface area contributed by atoms with Crippen molar-refractivity contribution < 1.29 is 4.74 Å². The fraction of sp³-hybridized carbons (Fsp3) is 0.647. The van der Waals surface area contributed by atoms with Crippen molar-refractivity contribution in [3.63, 3.8) is 0 Å². The van der Waals surface area contributed by atoms with E-state index >= 15 is 0 Å². The van der Waals surface area contributed by atoms with Crippen LogP contribution in [0.2, 0.25) is 0 Å². The molecular formula is C17H27NO. The molecule has 106 valence electrons. The predicted molar refractivity (Wildman–Crippen MR) is 80.7 cm³/mol. The molecule has 0 heterocycles. The highest BCUT2D eigenvalue weighted by molar-refractivity contribution is 5.39. The van der Waals surface area contributed by atoms with Gasteiger partial charge in [0, 0.05) is 11.6 Å². The van der Waals surface area contributed by atoms with E-state index in [1.807, 2.05) is 0 Å². The minimum absolute atomic E-state index is 0.414. The Balaban J connectivity index is 2.27. The van der Waals surface area contributed by atoms with Gasteiger partial charge < -0.3 is 10.1 Å². The molecule has 1 fully saturated rings. The van der Waals surface area contributed by atoms with Gasteiger partial charge in [-0.15, -0.1) is 0 Å². The standard InChI is InChI=1S/C17H27NO/c1-12-6-5-7-14(10-12)17(18-3)15-11-13(2)8-9-16(15)19-4/h8-9,11-12,14,17-18H,5-7,10H2,1-4H3. The second-order valence-corrected chi connectivity index (χ2v) is 6.04. The van der Waals surface area contributed by atoms with Gasteiger partial charge >= 0.3 is 0 Å². The van der Waals surface area contributed by atoms with Crippen molar-refractivity contribution in [2.24, 2.45) is 11.8 Å². The van der Waals surface area contributed by atoms with E-state index in [1.54, 1.807) is 7.11 Å². The third kappa shape index (κ3) is 3.30. The first-order valence-corrected chi connectivity index (χ1v) is 7.47. The summed E-state index contributed by atoms with van der Waals surface area (Å²) in [4.78, 5) is 0. The van der Waals surface area contributed by atoms with E-state index in [2.05, 4.69) is 44.4 Å². The fourth-order valence-electron chi connectivity index (χ4n) is 3.53. The molecule has 2 rings (SSSR count). The van der Waals surface area contributed by atoms with Crippen molar-refractivity contribution in [1.29, 1.82) is 0 Å². The topological polar surface area (TPSA) is 21.3 Å². The van der Waals surface area contributed by atoms with Gasteiger partial charge in [0.1, 0.15) is 5.75 Å². The van der Waals surface area contributed by atoms with Crippen LogP contribution in [0.25, 0.3) is 0 Å². The first-order chi connectivity index (χ1) is 9.15. The lowest BCUT2D eigenvalue weighted by atomic mass is 9.76. The minimum Gasteiger partial charge on any atom is -0.496 e. The largest absolute Gasteiger partial charge is 0.496 e. The van der Waals surface area contributed by atoms with Crippen LogP contribution in [0, 0.1) is 18.8 Å². The van der Waals surface area contributed by atoms with Crippen LogP contribution in [0.3, 0.4) is 0 Å². The number of hydrogen-bond acceptors (Lipinski definition) is 2. The van der Waals surface area contributed by atoms with Crippen LogP contribution in [0.1, 0.15) is 49.8 Å². The summed E-state index contributed by atoms with van der Waals surface area (Å²) in [5.41, 5.74) is 2.63. The van der Waals surface area contributed by atoms with Crippen molar-refractivity contribution in [3.8, 4) is 5.75 Å². The summed E-state index contributed by atoms with van der Waals surface area (Å²) >= 11 is 0.